The highest BCUT2D eigenvalue weighted by Crippen LogP contribution is 2.36. The topological polar surface area (TPSA) is 110 Å². The Morgan fingerprint density at radius 1 is 1.45 bits per heavy atom. The van der Waals surface area contributed by atoms with Gasteiger partial charge in [-0.2, -0.15) is 5.26 Å². The molecule has 1 aliphatic rings. The van der Waals surface area contributed by atoms with E-state index in [2.05, 4.69) is 16.0 Å². The summed E-state index contributed by atoms with van der Waals surface area (Å²) in [4.78, 5) is 8.07. The predicted molar refractivity (Wildman–Crippen MR) is 71.4 cm³/mol. The van der Waals surface area contributed by atoms with Gasteiger partial charge in [-0.25, -0.2) is 9.97 Å². The van der Waals surface area contributed by atoms with Crippen molar-refractivity contribution in [2.75, 3.05) is 5.73 Å². The van der Waals surface area contributed by atoms with Crippen molar-refractivity contribution in [3.63, 3.8) is 0 Å². The third-order valence-corrected chi connectivity index (χ3v) is 3.96. The van der Waals surface area contributed by atoms with Gasteiger partial charge in [-0.05, 0) is 6.92 Å². The summed E-state index contributed by atoms with van der Waals surface area (Å²) in [5.41, 5.74) is 6.69. The number of hydrogen-bond donors (Lipinski definition) is 2. The minimum absolute atomic E-state index is 0.00201. The summed E-state index contributed by atoms with van der Waals surface area (Å²) < 4.78 is 7.44. The van der Waals surface area contributed by atoms with E-state index in [0.29, 0.717) is 16.6 Å². The SMILES string of the molecule is C[C@H]1[C@@H](O)[C@H](n2cc(C#N)c3c(N)ncnc32)O[C@@H]1C. The van der Waals surface area contributed by atoms with E-state index in [4.69, 9.17) is 10.5 Å². The van der Waals surface area contributed by atoms with Crippen LogP contribution in [0.5, 0.6) is 0 Å². The van der Waals surface area contributed by atoms with Gasteiger partial charge in [0.25, 0.3) is 0 Å². The van der Waals surface area contributed by atoms with E-state index in [1.807, 2.05) is 13.8 Å². The lowest BCUT2D eigenvalue weighted by atomic mass is 10.0. The summed E-state index contributed by atoms with van der Waals surface area (Å²) >= 11 is 0. The third kappa shape index (κ3) is 1.66. The van der Waals surface area contributed by atoms with Crippen LogP contribution in [-0.2, 0) is 4.74 Å². The van der Waals surface area contributed by atoms with Crippen LogP contribution < -0.4 is 5.73 Å². The predicted octanol–water partition coefficient (Wildman–Crippen LogP) is 0.799. The lowest BCUT2D eigenvalue weighted by molar-refractivity contribution is -0.0294. The molecule has 0 aliphatic carbocycles. The zero-order valence-electron chi connectivity index (χ0n) is 11.2. The fraction of sp³-hybridized carbons (Fsp3) is 0.462. The third-order valence-electron chi connectivity index (χ3n) is 3.96. The molecule has 0 radical (unpaired) electrons. The van der Waals surface area contributed by atoms with Crippen molar-refractivity contribution in [1.82, 2.24) is 14.5 Å². The molecule has 3 N–H and O–H groups in total. The molecule has 104 valence electrons. The molecule has 2 aromatic heterocycles. The molecule has 4 atom stereocenters. The van der Waals surface area contributed by atoms with Gasteiger partial charge in [-0.1, -0.05) is 6.92 Å². The minimum atomic E-state index is -0.664. The molecule has 1 fully saturated rings. The molecule has 7 nitrogen and oxygen atoms in total. The molecule has 0 spiro atoms. The highest BCUT2D eigenvalue weighted by Gasteiger charge is 2.40. The fourth-order valence-electron chi connectivity index (χ4n) is 2.58. The molecule has 3 heterocycles. The maximum absolute atomic E-state index is 10.3. The Hall–Kier alpha value is -2.17. The average molecular weight is 273 g/mol. The summed E-state index contributed by atoms with van der Waals surface area (Å²) in [5.74, 6) is 0.251. The maximum Gasteiger partial charge on any atom is 0.161 e. The van der Waals surface area contributed by atoms with Crippen molar-refractivity contribution in [2.45, 2.75) is 32.3 Å². The quantitative estimate of drug-likeness (QED) is 0.795. The van der Waals surface area contributed by atoms with Crippen molar-refractivity contribution >= 4 is 16.9 Å². The molecule has 0 amide bonds. The van der Waals surface area contributed by atoms with Gasteiger partial charge in [0.05, 0.1) is 17.1 Å². The minimum Gasteiger partial charge on any atom is -0.388 e. The average Bonchev–Trinajstić information content (AvgIpc) is 2.93. The Bertz CT molecular complexity index is 705. The number of nitrogens with two attached hydrogens (primary N) is 1. The molecule has 1 saturated heterocycles. The van der Waals surface area contributed by atoms with Crippen molar-refractivity contribution in [3.05, 3.63) is 18.1 Å². The number of nitrogen functional groups attached to an aromatic ring is 1. The summed E-state index contributed by atoms with van der Waals surface area (Å²) in [6.07, 6.45) is 1.64. The number of anilines is 1. The first kappa shape index (κ1) is 12.8. The number of nitriles is 1. The summed E-state index contributed by atoms with van der Waals surface area (Å²) in [6.45, 7) is 3.84. The van der Waals surface area contributed by atoms with Gasteiger partial charge in [0.1, 0.15) is 30.0 Å². The van der Waals surface area contributed by atoms with E-state index in [1.165, 1.54) is 6.33 Å². The van der Waals surface area contributed by atoms with E-state index in [-0.39, 0.29) is 17.8 Å². The van der Waals surface area contributed by atoms with Crippen molar-refractivity contribution in [2.24, 2.45) is 5.92 Å². The standard InChI is InChI=1S/C13H15N5O2/c1-6-7(2)20-13(10(6)19)18-4-8(3-14)9-11(15)16-5-17-12(9)18/h4-7,10,13,19H,1-2H3,(H2,15,16,17)/t6-,7-,10-,13-/m1/s1. The zero-order valence-corrected chi connectivity index (χ0v) is 11.2. The molecular formula is C13H15N5O2. The largest absolute Gasteiger partial charge is 0.388 e. The second kappa shape index (κ2) is 4.44. The molecular weight excluding hydrogens is 258 g/mol. The number of hydrogen-bond acceptors (Lipinski definition) is 6. The van der Waals surface area contributed by atoms with Crippen molar-refractivity contribution in [1.29, 1.82) is 5.26 Å². The van der Waals surface area contributed by atoms with Crippen LogP contribution in [0.1, 0.15) is 25.6 Å². The number of aliphatic hydroxyl groups is 1. The molecule has 20 heavy (non-hydrogen) atoms. The molecule has 0 unspecified atom stereocenters. The fourth-order valence-corrected chi connectivity index (χ4v) is 2.58. The number of fused-ring (bicyclic) bond motifs is 1. The number of aliphatic hydroxyl groups excluding tert-OH is 1. The van der Waals surface area contributed by atoms with Gasteiger partial charge in [0.15, 0.2) is 6.23 Å². The first-order chi connectivity index (χ1) is 9.54. The summed E-state index contributed by atoms with van der Waals surface area (Å²) in [5, 5.41) is 20.0. The van der Waals surface area contributed by atoms with Crippen LogP contribution in [0.25, 0.3) is 11.0 Å². The van der Waals surface area contributed by atoms with Gasteiger partial charge in [0, 0.05) is 12.1 Å². The maximum atomic E-state index is 10.3. The Morgan fingerprint density at radius 3 is 2.80 bits per heavy atom. The van der Waals surface area contributed by atoms with Crippen LogP contribution in [0.2, 0.25) is 0 Å². The summed E-state index contributed by atoms with van der Waals surface area (Å²) in [7, 11) is 0. The number of nitrogens with zero attached hydrogens (tertiary/aromatic N) is 4. The second-order valence-corrected chi connectivity index (χ2v) is 5.10. The van der Waals surface area contributed by atoms with Gasteiger partial charge in [-0.15, -0.1) is 0 Å². The van der Waals surface area contributed by atoms with Gasteiger partial charge in [0.2, 0.25) is 0 Å². The number of rotatable bonds is 1. The Morgan fingerprint density at radius 2 is 2.20 bits per heavy atom. The molecule has 2 aromatic rings. The van der Waals surface area contributed by atoms with Crippen LogP contribution in [0.4, 0.5) is 5.82 Å². The molecule has 0 saturated carbocycles. The molecule has 7 heteroatoms. The van der Waals surface area contributed by atoms with Crippen LogP contribution in [0, 0.1) is 17.2 Å². The first-order valence-corrected chi connectivity index (χ1v) is 6.39. The Labute approximate surface area is 115 Å². The van der Waals surface area contributed by atoms with E-state index in [1.54, 1.807) is 10.8 Å². The number of ether oxygens (including phenoxy) is 1. The molecule has 3 rings (SSSR count). The van der Waals surface area contributed by atoms with Gasteiger partial charge < -0.3 is 20.1 Å². The Kier molecular flexibility index (Phi) is 2.85. The normalized spacial score (nSPS) is 29.7. The van der Waals surface area contributed by atoms with Crippen LogP contribution in [-0.4, -0.2) is 31.8 Å². The smallest absolute Gasteiger partial charge is 0.161 e. The van der Waals surface area contributed by atoms with Crippen molar-refractivity contribution < 1.29 is 9.84 Å². The highest BCUT2D eigenvalue weighted by atomic mass is 16.5. The monoisotopic (exact) mass is 273 g/mol. The van der Waals surface area contributed by atoms with Gasteiger partial charge in [-0.3, -0.25) is 0 Å². The highest BCUT2D eigenvalue weighted by molar-refractivity contribution is 5.91. The lowest BCUT2D eigenvalue weighted by Gasteiger charge is -2.17. The molecule has 0 bridgehead atoms. The van der Waals surface area contributed by atoms with E-state index in [9.17, 15) is 10.4 Å². The zero-order chi connectivity index (χ0) is 14.4. The Balaban J connectivity index is 2.19. The van der Waals surface area contributed by atoms with Crippen LogP contribution in [0.3, 0.4) is 0 Å². The summed E-state index contributed by atoms with van der Waals surface area (Å²) in [6, 6.07) is 2.07. The molecule has 0 aromatic carbocycles. The first-order valence-electron chi connectivity index (χ1n) is 6.39. The lowest BCUT2D eigenvalue weighted by Crippen LogP contribution is -2.23. The van der Waals surface area contributed by atoms with E-state index in [0.717, 1.165) is 0 Å². The van der Waals surface area contributed by atoms with E-state index < -0.39 is 12.3 Å². The number of aromatic nitrogens is 3. The van der Waals surface area contributed by atoms with Crippen molar-refractivity contribution in [3.8, 4) is 6.07 Å². The van der Waals surface area contributed by atoms with E-state index >= 15 is 0 Å². The van der Waals surface area contributed by atoms with Gasteiger partial charge >= 0.3 is 0 Å². The van der Waals surface area contributed by atoms with Crippen LogP contribution >= 0.6 is 0 Å². The van der Waals surface area contributed by atoms with Crippen LogP contribution in [0.15, 0.2) is 12.5 Å². The molecule has 1 aliphatic heterocycles. The second-order valence-electron chi connectivity index (χ2n) is 5.10.